The zero-order valence-electron chi connectivity index (χ0n) is 56.7. The Bertz CT molecular complexity index is 3820. The monoisotopic (exact) mass is 1420 g/mol. The molecule has 0 aromatic heterocycles. The van der Waals surface area contributed by atoms with E-state index in [-0.39, 0.29) is 57.5 Å². The molecule has 548 valence electrons. The van der Waals surface area contributed by atoms with Crippen LogP contribution in [0.15, 0.2) is 170 Å². The van der Waals surface area contributed by atoms with Crippen molar-refractivity contribution in [1.82, 2.24) is 9.80 Å². The number of rotatable bonds is 20. The van der Waals surface area contributed by atoms with E-state index in [2.05, 4.69) is 13.8 Å². The minimum Gasteiger partial charge on any atom is -0.459 e. The molecule has 103 heavy (non-hydrogen) atoms. The second-order valence-electron chi connectivity index (χ2n) is 25.4. The quantitative estimate of drug-likeness (QED) is 0.0309. The van der Waals surface area contributed by atoms with Crippen LogP contribution in [0, 0.1) is 11.8 Å². The summed E-state index contributed by atoms with van der Waals surface area (Å²) in [7, 11) is 2.63. The first kappa shape index (κ1) is 76.6. The Morgan fingerprint density at radius 3 is 1.19 bits per heavy atom. The van der Waals surface area contributed by atoms with Crippen molar-refractivity contribution in [1.29, 1.82) is 0 Å². The Kier molecular flexibility index (Phi) is 26.0. The largest absolute Gasteiger partial charge is 0.459 e. The second kappa shape index (κ2) is 34.9. The van der Waals surface area contributed by atoms with Gasteiger partial charge in [0.2, 0.25) is 0 Å². The molecule has 0 bridgehead atoms. The van der Waals surface area contributed by atoms with E-state index in [9.17, 15) is 69.0 Å². The molecule has 28 nitrogen and oxygen atoms in total. The number of aliphatic hydroxyl groups excluding tert-OH is 6. The maximum absolute atomic E-state index is 14.7. The minimum atomic E-state index is -1.91. The molecule has 6 aromatic carbocycles. The molecular weight excluding hydrogens is 1340 g/mol. The maximum Gasteiger partial charge on any atom is 0.338 e. The summed E-state index contributed by atoms with van der Waals surface area (Å²) in [6.07, 6.45) is -17.7. The third kappa shape index (κ3) is 16.6. The molecule has 0 aliphatic carbocycles. The first-order chi connectivity index (χ1) is 49.7. The van der Waals surface area contributed by atoms with Gasteiger partial charge in [0.25, 0.3) is 23.6 Å². The van der Waals surface area contributed by atoms with Gasteiger partial charge in [0, 0.05) is 26.1 Å². The first-order valence-corrected chi connectivity index (χ1v) is 33.7. The lowest BCUT2D eigenvalue weighted by Crippen LogP contribution is -2.69. The molecule has 12 rings (SSSR count). The van der Waals surface area contributed by atoms with Crippen LogP contribution in [-0.2, 0) is 47.4 Å². The van der Waals surface area contributed by atoms with Crippen molar-refractivity contribution in [2.45, 2.75) is 143 Å². The van der Waals surface area contributed by atoms with E-state index in [0.717, 1.165) is 9.80 Å². The zero-order valence-corrected chi connectivity index (χ0v) is 56.7. The maximum atomic E-state index is 14.7. The molecule has 4 fully saturated rings. The Hall–Kier alpha value is -9.08. The van der Waals surface area contributed by atoms with E-state index in [0.29, 0.717) is 0 Å². The summed E-state index contributed by atoms with van der Waals surface area (Å²) >= 11 is 0. The van der Waals surface area contributed by atoms with Crippen LogP contribution in [0.4, 0.5) is 0 Å². The van der Waals surface area contributed by atoms with Crippen molar-refractivity contribution in [2.75, 3.05) is 40.6 Å². The number of hydrogen-bond donors (Lipinski definition) is 8. The zero-order chi connectivity index (χ0) is 73.8. The number of carbonyl (C=O) groups is 8. The number of methoxy groups -OCH3 is 2. The van der Waals surface area contributed by atoms with Gasteiger partial charge in [-0.25, -0.2) is 19.2 Å². The van der Waals surface area contributed by atoms with Gasteiger partial charge in [0.1, 0.15) is 68.0 Å². The van der Waals surface area contributed by atoms with E-state index < -0.39 is 196 Å². The number of nitrogens with two attached hydrogens (primary N) is 2. The van der Waals surface area contributed by atoms with E-state index >= 15 is 0 Å². The average Bonchev–Trinajstić information content (AvgIpc) is 1.67. The first-order valence-electron chi connectivity index (χ1n) is 33.7. The van der Waals surface area contributed by atoms with Crippen molar-refractivity contribution >= 4 is 47.5 Å². The number of aliphatic hydroxyl groups is 6. The number of imide groups is 2. The third-order valence-electron chi connectivity index (χ3n) is 18.8. The number of ether oxygens (including phenoxy) is 10. The summed E-state index contributed by atoms with van der Waals surface area (Å²) in [4.78, 5) is 116. The van der Waals surface area contributed by atoms with Crippen molar-refractivity contribution in [3.05, 3.63) is 214 Å². The lowest BCUT2D eigenvalue weighted by molar-refractivity contribution is -0.268. The summed E-state index contributed by atoms with van der Waals surface area (Å²) in [5, 5.41) is 61.5. The lowest BCUT2D eigenvalue weighted by Gasteiger charge is -2.51. The SMILES string of the molecule is CCC.CO[C@H]1OC(CO)[C@H](CC2OC(CO)C(O)[C@H](O)[C@@H]2N)C(O)[C@H]1N.CO[C@H]1OC(COC(=O)c2ccccc2)[C@H](CC2OC(COC(=O)c3ccccc3)C(O)[C@H](OC(=O)c3ccccc3)[C@@H]2N2C(=O)c3ccccc3C2=O)C(OC(=O)c2ccccc2)[C@H]1N1C(=O)c2ccccc2C1=O. The van der Waals surface area contributed by atoms with Gasteiger partial charge >= 0.3 is 23.9 Å². The van der Waals surface area contributed by atoms with E-state index in [1.54, 1.807) is 97.1 Å². The molecule has 6 aliphatic rings. The molecule has 6 heterocycles. The molecular formula is C75H84N4O24. The molecule has 6 aliphatic heterocycles. The molecule has 10 unspecified atom stereocenters. The van der Waals surface area contributed by atoms with E-state index in [1.807, 2.05) is 0 Å². The van der Waals surface area contributed by atoms with Crippen LogP contribution in [0.5, 0.6) is 0 Å². The Balaban J connectivity index is 0.000000355. The van der Waals surface area contributed by atoms with Gasteiger partial charge in [-0.2, -0.15) is 0 Å². The van der Waals surface area contributed by atoms with Crippen LogP contribution < -0.4 is 11.5 Å². The van der Waals surface area contributed by atoms with Gasteiger partial charge in [-0.1, -0.05) is 117 Å². The summed E-state index contributed by atoms with van der Waals surface area (Å²) in [5.74, 6) is -8.73. The molecule has 4 saturated heterocycles. The molecule has 0 saturated carbocycles. The van der Waals surface area contributed by atoms with Crippen molar-refractivity contribution in [3.8, 4) is 0 Å². The van der Waals surface area contributed by atoms with Gasteiger partial charge < -0.3 is 89.5 Å². The van der Waals surface area contributed by atoms with Crippen LogP contribution >= 0.6 is 0 Å². The van der Waals surface area contributed by atoms with Crippen LogP contribution in [-0.4, -0.2) is 239 Å². The predicted molar refractivity (Wildman–Crippen MR) is 361 cm³/mol. The van der Waals surface area contributed by atoms with Gasteiger partial charge in [0.05, 0.1) is 94.2 Å². The van der Waals surface area contributed by atoms with Gasteiger partial charge in [-0.05, 0) is 85.6 Å². The number of esters is 4. The molecule has 0 radical (unpaired) electrons. The van der Waals surface area contributed by atoms with Crippen molar-refractivity contribution in [2.24, 2.45) is 23.3 Å². The number of hydrogen-bond acceptors (Lipinski definition) is 26. The fourth-order valence-corrected chi connectivity index (χ4v) is 13.6. The fourth-order valence-electron chi connectivity index (χ4n) is 13.6. The summed E-state index contributed by atoms with van der Waals surface area (Å²) in [6.45, 7) is 2.13. The minimum absolute atomic E-state index is 0.0113. The highest BCUT2D eigenvalue weighted by atomic mass is 16.7. The van der Waals surface area contributed by atoms with Crippen molar-refractivity contribution in [3.63, 3.8) is 0 Å². The molecule has 6 aromatic rings. The van der Waals surface area contributed by atoms with Crippen molar-refractivity contribution < 1.29 is 116 Å². The van der Waals surface area contributed by atoms with Crippen LogP contribution in [0.2, 0.25) is 0 Å². The molecule has 20 atom stereocenters. The molecule has 28 heteroatoms. The number of carbonyl (C=O) groups excluding carboxylic acids is 8. The number of benzene rings is 6. The standard InChI is InChI=1S/C58H48N2O16.C14H28N2O8.C3H8/c1-70-58-46(60-52(64)39-28-16-17-29-40(39)53(60)65)48(75-56(68)35-22-10-4-11-23-35)41(43(74-58)31-71-54(66)33-18-6-2-7-19-33)30-42-45(59-50(62)37-26-14-15-27-38(37)51(59)63)49(76-57(69)36-24-12-5-13-25-36)47(61)44(73-42)32-72-55(67)34-20-8-3-9-21-34;1-22-14-10(16)11(19)5(7(3-17)24-14)2-6-9(15)13(21)12(20)8(4-18)23-6;1-3-2/h2-29,41-49,58,61H,30-32H2,1H3;5-14,17-21H,2-4,15-16H2,1H3;3H2,1-2H3/t41-,42?,43?,44?,45+,46+,47?,48?,49+,58-;5-,6?,7?,8?,9+,10+,11?,12?,13+,14-;/m00./s1. The van der Waals surface area contributed by atoms with Gasteiger partial charge in [-0.3, -0.25) is 29.0 Å². The van der Waals surface area contributed by atoms with Crippen LogP contribution in [0.25, 0.3) is 0 Å². The molecule has 10 N–H and O–H groups in total. The van der Waals surface area contributed by atoms with Gasteiger partial charge in [0.15, 0.2) is 18.7 Å². The van der Waals surface area contributed by atoms with E-state index in [4.69, 9.17) is 58.8 Å². The highest BCUT2D eigenvalue weighted by molar-refractivity contribution is 6.22. The number of fused-ring (bicyclic) bond motifs is 2. The Labute approximate surface area is 592 Å². The predicted octanol–water partition coefficient (Wildman–Crippen LogP) is 3.26. The van der Waals surface area contributed by atoms with Crippen LogP contribution in [0.3, 0.4) is 0 Å². The third-order valence-corrected chi connectivity index (χ3v) is 18.8. The lowest BCUT2D eigenvalue weighted by atomic mass is 9.79. The Morgan fingerprint density at radius 2 is 0.767 bits per heavy atom. The van der Waals surface area contributed by atoms with Crippen LogP contribution in [0.1, 0.15) is 116 Å². The Morgan fingerprint density at radius 1 is 0.398 bits per heavy atom. The van der Waals surface area contributed by atoms with Gasteiger partial charge in [-0.15, -0.1) is 0 Å². The molecule has 4 amide bonds. The number of nitrogens with zero attached hydrogens (tertiary/aromatic N) is 2. The smallest absolute Gasteiger partial charge is 0.338 e. The summed E-state index contributed by atoms with van der Waals surface area (Å²) in [5.41, 5.74) is 12.3. The topological polar surface area (TPSA) is 409 Å². The normalized spacial score (nSPS) is 30.1. The average molecular weight is 1430 g/mol. The van der Waals surface area contributed by atoms with E-state index in [1.165, 1.54) is 93.4 Å². The summed E-state index contributed by atoms with van der Waals surface area (Å²) < 4.78 is 59.8. The second-order valence-corrected chi connectivity index (χ2v) is 25.4. The highest BCUT2D eigenvalue weighted by Crippen LogP contribution is 2.44. The fraction of sp³-hybridized carbons (Fsp3) is 0.413. The number of amides is 4. The molecule has 0 spiro atoms. The summed E-state index contributed by atoms with van der Waals surface area (Å²) in [6, 6.07) is 38.5. The highest BCUT2D eigenvalue weighted by Gasteiger charge is 2.61.